The molecular weight excluding hydrogens is 1490 g/mol. The number of likely N-dealkylation sites (tertiary alicyclic amines) is 2. The molecule has 2 saturated heterocycles. The van der Waals surface area contributed by atoms with Gasteiger partial charge in [0.25, 0.3) is 11.8 Å². The first-order valence-electron chi connectivity index (χ1n) is 43.8. The zero-order chi connectivity index (χ0) is 88.3. The number of carbonyl (C=O) groups is 13. The molecule has 6 aliphatic carbocycles. The Morgan fingerprint density at radius 1 is 0.458 bits per heavy atom. The highest BCUT2D eigenvalue weighted by molar-refractivity contribution is 6.37. The Hall–Kier alpha value is -7.53. The predicted octanol–water partition coefficient (Wildman–Crippen LogP) is 13.2. The number of hydrogen-bond acceptors (Lipinski definition) is 17. The van der Waals surface area contributed by atoms with Crippen LogP contribution in [0.5, 0.6) is 0 Å². The molecule has 23 nitrogen and oxygen atoms in total. The van der Waals surface area contributed by atoms with Gasteiger partial charge < -0.3 is 52.8 Å². The van der Waals surface area contributed by atoms with E-state index < -0.39 is 86.9 Å². The maximum absolute atomic E-state index is 15.1. The largest absolute Gasteiger partial charge is 0.461 e. The number of amides is 6. The van der Waals surface area contributed by atoms with E-state index in [1.807, 2.05) is 144 Å². The summed E-state index contributed by atoms with van der Waals surface area (Å²) in [4.78, 5) is 175. The lowest BCUT2D eigenvalue weighted by Gasteiger charge is -2.36. The van der Waals surface area contributed by atoms with Crippen molar-refractivity contribution in [3.05, 3.63) is 71.8 Å². The van der Waals surface area contributed by atoms with E-state index in [2.05, 4.69) is 38.3 Å². The van der Waals surface area contributed by atoms with Crippen LogP contribution in [-0.4, -0.2) is 136 Å². The van der Waals surface area contributed by atoms with Crippen molar-refractivity contribution in [3.63, 3.8) is 0 Å². The van der Waals surface area contributed by atoms with Gasteiger partial charge in [0.15, 0.2) is 11.6 Å². The van der Waals surface area contributed by atoms with E-state index in [0.29, 0.717) is 51.2 Å². The highest BCUT2D eigenvalue weighted by atomic mass is 16.5. The Morgan fingerprint density at radius 3 is 1.14 bits per heavy atom. The minimum absolute atomic E-state index is 0.0228. The van der Waals surface area contributed by atoms with Crippen molar-refractivity contribution < 1.29 is 71.8 Å². The average Bonchev–Trinajstić information content (AvgIpc) is 1.46. The van der Waals surface area contributed by atoms with Crippen LogP contribution in [0.2, 0.25) is 0 Å². The van der Waals surface area contributed by atoms with Crippen molar-refractivity contribution in [2.24, 2.45) is 123 Å². The normalized spacial score (nSPS) is 23.6. The maximum Gasteiger partial charge on any atom is 0.307 e. The fourth-order valence-corrected chi connectivity index (χ4v) is 20.7. The van der Waals surface area contributed by atoms with Gasteiger partial charge in [-0.15, -0.1) is 0 Å². The molecule has 6 saturated carbocycles. The first-order chi connectivity index (χ1) is 54.5. The van der Waals surface area contributed by atoms with E-state index >= 15 is 4.79 Å². The lowest BCUT2D eigenvalue weighted by atomic mass is 9.73. The quantitative estimate of drug-likeness (QED) is 0.0280. The Balaban J connectivity index is 0.000000250. The lowest BCUT2D eigenvalue weighted by molar-refractivity contribution is -0.151. The number of nitrogens with zero attached hydrogens (tertiary/aromatic N) is 2. The molecule has 8 fully saturated rings. The average molecular weight is 1640 g/mol. The number of nitrogens with two attached hydrogens (primary N) is 4. The highest BCUT2D eigenvalue weighted by Gasteiger charge is 2.86. The molecule has 118 heavy (non-hydrogen) atoms. The number of primary amides is 2. The number of carbonyl (C=O) groups excluding carboxylic acids is 13. The van der Waals surface area contributed by atoms with Crippen LogP contribution in [0.25, 0.3) is 0 Å². The minimum atomic E-state index is -1.05. The van der Waals surface area contributed by atoms with Crippen LogP contribution in [0.1, 0.15) is 291 Å². The van der Waals surface area contributed by atoms with Crippen LogP contribution in [0.15, 0.2) is 60.7 Å². The number of hydrogen-bond donors (Lipinski definition) is 6. The van der Waals surface area contributed by atoms with Gasteiger partial charge in [0.05, 0.1) is 41.8 Å². The maximum atomic E-state index is 15.1. The van der Waals surface area contributed by atoms with E-state index in [1.54, 1.807) is 37.5 Å². The summed E-state index contributed by atoms with van der Waals surface area (Å²) in [5.74, 6) is -7.41. The van der Waals surface area contributed by atoms with Crippen molar-refractivity contribution in [1.82, 2.24) is 20.4 Å². The van der Waals surface area contributed by atoms with Gasteiger partial charge in [-0.3, -0.25) is 62.3 Å². The number of benzene rings is 2. The van der Waals surface area contributed by atoms with Crippen molar-refractivity contribution in [3.8, 4) is 0 Å². The fraction of sp³-hybridized carbons (Fsp3) is 0.737. The van der Waals surface area contributed by atoms with Crippen LogP contribution in [-0.2, 0) is 85.0 Å². The molecule has 2 aromatic carbocycles. The van der Waals surface area contributed by atoms with E-state index in [4.69, 9.17) is 32.4 Å². The van der Waals surface area contributed by atoms with Gasteiger partial charge >= 0.3 is 11.9 Å². The van der Waals surface area contributed by atoms with Gasteiger partial charge in [0, 0.05) is 86.5 Å². The molecule has 4 spiro atoms. The van der Waals surface area contributed by atoms with Crippen LogP contribution < -0.4 is 33.6 Å². The molecule has 0 bridgehead atoms. The third kappa shape index (κ3) is 21.0. The molecule has 0 aromatic heterocycles. The molecule has 2 unspecified atom stereocenters. The number of fused-ring (bicyclic) bond motifs is 2. The molecule has 10 N–H and O–H groups in total. The Labute approximate surface area is 703 Å². The molecule has 2 aliphatic heterocycles. The monoisotopic (exact) mass is 1640 g/mol. The van der Waals surface area contributed by atoms with Crippen LogP contribution in [0.3, 0.4) is 0 Å². The smallest absolute Gasteiger partial charge is 0.307 e. The zero-order valence-corrected chi connectivity index (χ0v) is 75.2. The molecule has 8 aliphatic rings. The second kappa shape index (κ2) is 36.6. The Kier molecular flexibility index (Phi) is 29.8. The second-order valence-electron chi connectivity index (χ2n) is 43.5. The number of esters is 2. The number of rotatable bonds is 34. The van der Waals surface area contributed by atoms with E-state index in [1.165, 1.54) is 6.42 Å². The number of nitrogens with one attached hydrogen (secondary N) is 2. The molecule has 10 rings (SSSR count). The minimum Gasteiger partial charge on any atom is -0.461 e. The van der Waals surface area contributed by atoms with E-state index in [9.17, 15) is 57.5 Å². The molecule has 656 valence electrons. The number of ether oxygens (including phenoxy) is 2. The van der Waals surface area contributed by atoms with Gasteiger partial charge in [-0.2, -0.15) is 0 Å². The standard InChI is InChI=1S/C49H73N3O8.C27H43N3O4.C19H30N2O3/c1-44(2,3)34(28-51-43(59)46(7,8)27-39(55)60-29-32-16-12-11-13-17-32)24-35(53)25-36(45(4,5)6)42(58)52-30-49(47(9,10)48(49)20-15-21-48)26-37(52)38(54)23-33(40(56)41(50)57)22-31-18-14-19-31;1-24(2,3)21(28)23(34)30-15-27(25(4,5)26(27)10-7-11-26)14-18(30)19(31)13-17(20(32)22(29)33)12-16-8-6-9-16;1-18(2,3)15(20)12-21-17(23)19(4,5)11-16(22)24-13-14-9-7-6-8-10-14/h11-13,16-17,31,33-34,36-37H,14-15,18-30H2,1-10H3,(H2,50,57)(H,51,59);16-18,21H,6-15,28H2,1-5H3,(H2,29,33);6-10,15H,11-13,20H2,1-5H3,(H,21,23)/t33?,34-,36-,37+,49-;17?,18-,21+,27+;15-/m101/s1. The van der Waals surface area contributed by atoms with Crippen molar-refractivity contribution >= 4 is 76.3 Å². The molecular formula is C95H146N8O15. The van der Waals surface area contributed by atoms with Gasteiger partial charge in [-0.25, -0.2) is 0 Å². The molecule has 10 atom stereocenters. The molecule has 2 aromatic rings. The summed E-state index contributed by atoms with van der Waals surface area (Å²) >= 11 is 0. The first kappa shape index (κ1) is 95.9. The summed E-state index contributed by atoms with van der Waals surface area (Å²) < 4.78 is 10.7. The molecule has 23 heteroatoms. The van der Waals surface area contributed by atoms with Crippen molar-refractivity contribution in [2.75, 3.05) is 26.2 Å². The zero-order valence-electron chi connectivity index (χ0n) is 75.2. The number of Topliss-reactive ketones (excluding diaryl/α,β-unsaturated/α-hetero) is 5. The summed E-state index contributed by atoms with van der Waals surface area (Å²) in [5, 5.41) is 5.85. The van der Waals surface area contributed by atoms with Gasteiger partial charge in [0.1, 0.15) is 19.0 Å². The van der Waals surface area contributed by atoms with Crippen molar-refractivity contribution in [1.29, 1.82) is 0 Å². The number of ketones is 5. The summed E-state index contributed by atoms with van der Waals surface area (Å²) in [5.41, 5.74) is 21.5. The van der Waals surface area contributed by atoms with E-state index in [-0.39, 0.29) is 166 Å². The SMILES string of the molecule is CC(C)(C)[C@H](N)C(=O)N1C[C@]2(C[C@H]1C(=O)CC(CC1CCC1)C(=O)C(N)=O)C(C)(C)C21CCC1.CC(C)(CC(=O)OCc1ccccc1)C(=O)NC[C@@H](CC(=O)C[C@H](C(=O)N1C[C@]2(C[C@H]1C(=O)CC(CC1CCC1)C(=O)C(N)=O)C(C)(C)C21CCC1)C(C)(C)C)C(C)(C)C.CC(C)(CC(=O)OCc1ccccc1)C(=O)NC[C@@H](N)C(C)(C)C. The second-order valence-corrected chi connectivity index (χ2v) is 43.5. The Morgan fingerprint density at radius 2 is 0.831 bits per heavy atom. The topological polar surface area (TPSA) is 375 Å². The van der Waals surface area contributed by atoms with Gasteiger partial charge in [0.2, 0.25) is 35.2 Å². The third-order valence-electron chi connectivity index (χ3n) is 30.4. The van der Waals surface area contributed by atoms with Crippen molar-refractivity contribution in [2.45, 2.75) is 317 Å². The highest BCUT2D eigenvalue weighted by Crippen LogP contribution is 2.89. The van der Waals surface area contributed by atoms with Crippen LogP contribution >= 0.6 is 0 Å². The Bertz CT molecular complexity index is 4010. The van der Waals surface area contributed by atoms with Crippen LogP contribution in [0.4, 0.5) is 0 Å². The molecule has 6 amide bonds. The third-order valence-corrected chi connectivity index (χ3v) is 30.4. The predicted molar refractivity (Wildman–Crippen MR) is 454 cm³/mol. The molecule has 0 radical (unpaired) electrons. The van der Waals surface area contributed by atoms with Gasteiger partial charge in [-0.1, -0.05) is 251 Å². The summed E-state index contributed by atoms with van der Waals surface area (Å²) in [6.07, 6.45) is 14.8. The van der Waals surface area contributed by atoms with Crippen LogP contribution in [0, 0.1) is 100 Å². The van der Waals surface area contributed by atoms with E-state index in [0.717, 1.165) is 81.8 Å². The summed E-state index contributed by atoms with van der Waals surface area (Å²) in [7, 11) is 0. The lowest BCUT2D eigenvalue weighted by Crippen LogP contribution is -2.53. The van der Waals surface area contributed by atoms with Gasteiger partial charge in [-0.05, 0) is 124 Å². The fourth-order valence-electron chi connectivity index (χ4n) is 20.7. The molecule has 2 heterocycles. The summed E-state index contributed by atoms with van der Waals surface area (Å²) in [6.45, 7) is 41.6. The summed E-state index contributed by atoms with van der Waals surface area (Å²) in [6, 6.07) is 16.6. The first-order valence-corrected chi connectivity index (χ1v) is 43.8.